The molecule has 0 saturated carbocycles. The Kier molecular flexibility index (Phi) is 11.2. The van der Waals surface area contributed by atoms with E-state index < -0.39 is 24.3 Å². The summed E-state index contributed by atoms with van der Waals surface area (Å²) in [6, 6.07) is 5.29. The van der Waals surface area contributed by atoms with Gasteiger partial charge in [-0.25, -0.2) is 9.59 Å². The lowest BCUT2D eigenvalue weighted by atomic mass is 10.00. The Morgan fingerprint density at radius 2 is 1.49 bits per heavy atom. The molecule has 2 N–H and O–H groups in total. The van der Waals surface area contributed by atoms with Gasteiger partial charge in [0.2, 0.25) is 0 Å². The number of halogens is 6. The maximum Gasteiger partial charge on any atom is 0.490 e. The van der Waals surface area contributed by atoms with Crippen molar-refractivity contribution in [3.63, 3.8) is 0 Å². The summed E-state index contributed by atoms with van der Waals surface area (Å²) in [6.07, 6.45) is -6.44. The lowest BCUT2D eigenvalue weighted by molar-refractivity contribution is -0.193. The van der Waals surface area contributed by atoms with E-state index in [2.05, 4.69) is 28.9 Å². The molecule has 0 spiro atoms. The molecule has 3 atom stereocenters. The minimum atomic E-state index is -5.08. The van der Waals surface area contributed by atoms with Gasteiger partial charge in [-0.3, -0.25) is 9.80 Å². The zero-order valence-electron chi connectivity index (χ0n) is 20.1. The highest BCUT2D eigenvalue weighted by Gasteiger charge is 2.46. The Hall–Kier alpha value is -2.36. The van der Waals surface area contributed by atoms with E-state index in [1.807, 2.05) is 0 Å². The number of nitrogens with zero attached hydrogens (tertiary/aromatic N) is 2. The number of morpholine rings is 1. The molecule has 3 saturated heterocycles. The van der Waals surface area contributed by atoms with E-state index in [1.165, 1.54) is 12.8 Å². The Balaban J connectivity index is 0.000000286. The third-order valence-corrected chi connectivity index (χ3v) is 6.03. The van der Waals surface area contributed by atoms with Crippen LogP contribution in [0.15, 0.2) is 16.5 Å². The summed E-state index contributed by atoms with van der Waals surface area (Å²) in [5.74, 6) is -3.34. The van der Waals surface area contributed by atoms with Crippen LogP contribution in [-0.4, -0.2) is 102 Å². The van der Waals surface area contributed by atoms with Crippen molar-refractivity contribution >= 4 is 11.9 Å². The molecule has 15 heteroatoms. The van der Waals surface area contributed by atoms with Gasteiger partial charge in [0.15, 0.2) is 0 Å². The zero-order valence-corrected chi connectivity index (χ0v) is 20.1. The summed E-state index contributed by atoms with van der Waals surface area (Å²) >= 11 is 0. The van der Waals surface area contributed by atoms with E-state index in [0.717, 1.165) is 63.9 Å². The van der Waals surface area contributed by atoms with E-state index in [0.29, 0.717) is 18.2 Å². The second-order valence-corrected chi connectivity index (χ2v) is 8.52. The van der Waals surface area contributed by atoms with Crippen LogP contribution in [0, 0.1) is 0 Å². The highest BCUT2D eigenvalue weighted by molar-refractivity contribution is 5.73. The van der Waals surface area contributed by atoms with Gasteiger partial charge in [-0.05, 0) is 25.0 Å². The van der Waals surface area contributed by atoms with Gasteiger partial charge < -0.3 is 24.1 Å². The van der Waals surface area contributed by atoms with Crippen LogP contribution in [0.3, 0.4) is 0 Å². The SMILES string of the molecule is CCc1ccc(CN2C[C@H](N3CCOCC3)[C@@H]3OCCC[C@@H]32)o1.O=C(O)C(F)(F)F.O=C(O)C(F)(F)F. The Morgan fingerprint density at radius 1 is 0.946 bits per heavy atom. The lowest BCUT2D eigenvalue weighted by Gasteiger charge is -2.37. The van der Waals surface area contributed by atoms with Gasteiger partial charge in [0.1, 0.15) is 11.5 Å². The molecule has 0 aromatic carbocycles. The fourth-order valence-corrected chi connectivity index (χ4v) is 4.34. The molecule has 3 aliphatic heterocycles. The van der Waals surface area contributed by atoms with E-state index in [1.54, 1.807) is 0 Å². The average molecular weight is 548 g/mol. The van der Waals surface area contributed by atoms with Gasteiger partial charge in [-0.15, -0.1) is 0 Å². The zero-order chi connectivity index (χ0) is 27.8. The van der Waals surface area contributed by atoms with Crippen molar-refractivity contribution in [2.75, 3.05) is 39.5 Å². The standard InChI is InChI=1S/C18H28N2O3.2C2HF3O2/c1-2-14-5-6-15(23-14)12-20-13-17(19-7-10-21-11-8-19)18-16(20)4-3-9-22-18;2*3-2(4,5)1(6)7/h5-6,16-18H,2-4,7-13H2,1H3;2*(H,6,7)/t16-,17-,18+;;/m0../s1. The number of aryl methyl sites for hydroxylation is 1. The van der Waals surface area contributed by atoms with Gasteiger partial charge in [0.05, 0.1) is 31.9 Å². The first kappa shape index (κ1) is 30.9. The van der Waals surface area contributed by atoms with Crippen LogP contribution in [0.5, 0.6) is 0 Å². The first-order valence-corrected chi connectivity index (χ1v) is 11.6. The molecule has 9 nitrogen and oxygen atoms in total. The van der Waals surface area contributed by atoms with Gasteiger partial charge in [-0.2, -0.15) is 26.3 Å². The second-order valence-electron chi connectivity index (χ2n) is 8.52. The number of furan rings is 1. The van der Waals surface area contributed by atoms with E-state index in [9.17, 15) is 26.3 Å². The van der Waals surface area contributed by atoms with Crippen molar-refractivity contribution in [3.05, 3.63) is 23.7 Å². The van der Waals surface area contributed by atoms with Crippen molar-refractivity contribution < 1.29 is 60.0 Å². The molecule has 1 aromatic heterocycles. The lowest BCUT2D eigenvalue weighted by Crippen LogP contribution is -2.51. The Bertz CT molecular complexity index is 846. The topological polar surface area (TPSA) is 113 Å². The van der Waals surface area contributed by atoms with Crippen molar-refractivity contribution in [1.29, 1.82) is 0 Å². The fourth-order valence-electron chi connectivity index (χ4n) is 4.34. The van der Waals surface area contributed by atoms with Gasteiger partial charge in [-0.1, -0.05) is 6.92 Å². The molecule has 4 heterocycles. The predicted octanol–water partition coefficient (Wildman–Crippen LogP) is 3.17. The number of ether oxygens (including phenoxy) is 2. The Morgan fingerprint density at radius 3 is 1.97 bits per heavy atom. The van der Waals surface area contributed by atoms with Crippen LogP contribution in [-0.2, 0) is 32.0 Å². The molecule has 1 aromatic rings. The summed E-state index contributed by atoms with van der Waals surface area (Å²) in [6.45, 7) is 8.81. The summed E-state index contributed by atoms with van der Waals surface area (Å²) in [5, 5.41) is 14.2. The van der Waals surface area contributed by atoms with Crippen LogP contribution in [0.25, 0.3) is 0 Å². The number of alkyl halides is 6. The maximum absolute atomic E-state index is 10.6. The summed E-state index contributed by atoms with van der Waals surface area (Å²) in [7, 11) is 0. The number of carboxylic acid groups (broad SMARTS) is 2. The molecule has 0 amide bonds. The molecule has 0 radical (unpaired) electrons. The number of likely N-dealkylation sites (tertiary alicyclic amines) is 1. The van der Waals surface area contributed by atoms with Crippen molar-refractivity contribution in [1.82, 2.24) is 9.80 Å². The smallest absolute Gasteiger partial charge is 0.475 e. The van der Waals surface area contributed by atoms with Gasteiger partial charge >= 0.3 is 24.3 Å². The molecule has 0 bridgehead atoms. The number of carbonyl (C=O) groups is 2. The molecular weight excluding hydrogens is 518 g/mol. The number of carboxylic acids is 2. The number of fused-ring (bicyclic) bond motifs is 1. The Labute approximate surface area is 208 Å². The van der Waals surface area contributed by atoms with Crippen LogP contribution < -0.4 is 0 Å². The number of hydrogen-bond acceptors (Lipinski definition) is 7. The maximum atomic E-state index is 10.6. The summed E-state index contributed by atoms with van der Waals surface area (Å²) < 4.78 is 81.1. The number of rotatable bonds is 4. The minimum Gasteiger partial charge on any atom is -0.475 e. The summed E-state index contributed by atoms with van der Waals surface area (Å²) in [5.41, 5.74) is 0. The highest BCUT2D eigenvalue weighted by atomic mass is 19.4. The molecule has 4 rings (SSSR count). The second kappa shape index (κ2) is 13.4. The quantitative estimate of drug-likeness (QED) is 0.548. The van der Waals surface area contributed by atoms with E-state index >= 15 is 0 Å². The van der Waals surface area contributed by atoms with Crippen LogP contribution in [0.4, 0.5) is 26.3 Å². The van der Waals surface area contributed by atoms with E-state index in [-0.39, 0.29) is 0 Å². The monoisotopic (exact) mass is 548 g/mol. The predicted molar refractivity (Wildman–Crippen MR) is 115 cm³/mol. The normalized spacial score (nSPS) is 24.8. The van der Waals surface area contributed by atoms with Gasteiger partial charge in [0.25, 0.3) is 0 Å². The van der Waals surface area contributed by atoms with Crippen LogP contribution in [0.2, 0.25) is 0 Å². The molecular formula is C22H30F6N2O7. The molecule has 37 heavy (non-hydrogen) atoms. The average Bonchev–Trinajstić information content (AvgIpc) is 3.44. The third kappa shape index (κ3) is 9.47. The third-order valence-electron chi connectivity index (χ3n) is 6.03. The summed E-state index contributed by atoms with van der Waals surface area (Å²) in [4.78, 5) is 23.0. The molecule has 3 fully saturated rings. The minimum absolute atomic E-state index is 0.349. The number of hydrogen-bond donors (Lipinski definition) is 2. The largest absolute Gasteiger partial charge is 0.490 e. The van der Waals surface area contributed by atoms with Crippen LogP contribution >= 0.6 is 0 Å². The fraction of sp³-hybridized carbons (Fsp3) is 0.727. The molecule has 212 valence electrons. The van der Waals surface area contributed by atoms with Crippen LogP contribution in [0.1, 0.15) is 31.3 Å². The first-order valence-electron chi connectivity index (χ1n) is 11.6. The van der Waals surface area contributed by atoms with Gasteiger partial charge in [0, 0.05) is 38.7 Å². The number of aliphatic carboxylic acids is 2. The highest BCUT2D eigenvalue weighted by Crippen LogP contribution is 2.33. The molecule has 0 aliphatic carbocycles. The van der Waals surface area contributed by atoms with Crippen molar-refractivity contribution in [2.24, 2.45) is 0 Å². The molecule has 3 aliphatic rings. The van der Waals surface area contributed by atoms with Crippen molar-refractivity contribution in [2.45, 2.75) is 63.3 Å². The first-order chi connectivity index (χ1) is 17.2. The van der Waals surface area contributed by atoms with Crippen molar-refractivity contribution in [3.8, 4) is 0 Å². The van der Waals surface area contributed by atoms with E-state index in [4.69, 9.17) is 33.7 Å². The molecule has 0 unspecified atom stereocenters.